The van der Waals surface area contributed by atoms with Gasteiger partial charge in [0, 0.05) is 18.1 Å². The fourth-order valence-electron chi connectivity index (χ4n) is 2.47. The fraction of sp³-hybridized carbons (Fsp3) is 0.556. The van der Waals surface area contributed by atoms with Crippen LogP contribution >= 0.6 is 0 Å². The maximum atomic E-state index is 5.87. The molecule has 0 bridgehead atoms. The second-order valence-corrected chi connectivity index (χ2v) is 4.60. The molecule has 1 aromatic carbocycles. The lowest BCUT2D eigenvalue weighted by molar-refractivity contribution is 0.239. The first-order chi connectivity index (χ1) is 10.4. The third kappa shape index (κ3) is 5.09. The Labute approximate surface area is 129 Å². The second kappa shape index (κ2) is 10.3. The molecule has 3 heteroatoms. The zero-order chi connectivity index (χ0) is 15.5. The Bertz CT molecular complexity index is 487. The van der Waals surface area contributed by atoms with Crippen molar-refractivity contribution in [2.75, 3.05) is 26.2 Å². The molecule has 2 aromatic rings. The largest absolute Gasteiger partial charge is 0.490 e. The number of aromatic amines is 1. The van der Waals surface area contributed by atoms with Gasteiger partial charge in [-0.05, 0) is 38.1 Å². The highest BCUT2D eigenvalue weighted by Crippen LogP contribution is 2.23. The summed E-state index contributed by atoms with van der Waals surface area (Å²) >= 11 is 0. The van der Waals surface area contributed by atoms with E-state index in [4.69, 9.17) is 4.74 Å². The summed E-state index contributed by atoms with van der Waals surface area (Å²) in [4.78, 5) is 5.70. The summed E-state index contributed by atoms with van der Waals surface area (Å²) in [5.41, 5.74) is 1.11. The maximum absolute atomic E-state index is 5.87. The van der Waals surface area contributed by atoms with E-state index in [0.717, 1.165) is 24.4 Å². The van der Waals surface area contributed by atoms with Gasteiger partial charge in [0.1, 0.15) is 12.4 Å². The minimum absolute atomic E-state index is 0.776. The van der Waals surface area contributed by atoms with E-state index in [-0.39, 0.29) is 0 Å². The van der Waals surface area contributed by atoms with Gasteiger partial charge in [0.25, 0.3) is 0 Å². The standard InChI is InChI=1S/C14H18N2O.2C2H6/c1-2-9-16(8-1)10-11-17-13-5-3-4-12-6-7-15-14(12)13;2*1-2/h3-7,15H,1-2,8-11H2;2*1-2H3. The number of aromatic nitrogens is 1. The van der Waals surface area contributed by atoms with Crippen LogP contribution in [-0.2, 0) is 0 Å². The Kier molecular flexibility index (Phi) is 8.60. The number of ether oxygens (including phenoxy) is 1. The van der Waals surface area contributed by atoms with Crippen molar-refractivity contribution >= 4 is 10.9 Å². The Morgan fingerprint density at radius 2 is 1.76 bits per heavy atom. The van der Waals surface area contributed by atoms with Gasteiger partial charge in [-0.2, -0.15) is 0 Å². The van der Waals surface area contributed by atoms with Crippen molar-refractivity contribution in [3.05, 3.63) is 30.5 Å². The van der Waals surface area contributed by atoms with Gasteiger partial charge in [0.15, 0.2) is 0 Å². The molecular weight excluding hydrogens is 260 g/mol. The first kappa shape index (κ1) is 17.6. The number of para-hydroxylation sites is 1. The van der Waals surface area contributed by atoms with E-state index in [1.807, 2.05) is 46.0 Å². The van der Waals surface area contributed by atoms with Gasteiger partial charge < -0.3 is 9.72 Å². The number of H-pyrrole nitrogens is 1. The summed E-state index contributed by atoms with van der Waals surface area (Å²) < 4.78 is 5.87. The van der Waals surface area contributed by atoms with E-state index in [1.54, 1.807) is 0 Å². The smallest absolute Gasteiger partial charge is 0.143 e. The molecule has 0 radical (unpaired) electrons. The van der Waals surface area contributed by atoms with Crippen molar-refractivity contribution in [2.24, 2.45) is 0 Å². The molecule has 3 rings (SSSR count). The SMILES string of the molecule is CC.CC.c1cc(OCCN2CCCC2)c2[nH]ccc2c1. The molecule has 3 nitrogen and oxygen atoms in total. The average molecular weight is 290 g/mol. The second-order valence-electron chi connectivity index (χ2n) is 4.60. The van der Waals surface area contributed by atoms with Crippen molar-refractivity contribution in [3.63, 3.8) is 0 Å². The lowest BCUT2D eigenvalue weighted by Gasteiger charge is -2.15. The number of likely N-dealkylation sites (tertiary alicyclic amines) is 1. The van der Waals surface area contributed by atoms with E-state index < -0.39 is 0 Å². The molecule has 0 spiro atoms. The summed E-state index contributed by atoms with van der Waals surface area (Å²) in [7, 11) is 0. The summed E-state index contributed by atoms with van der Waals surface area (Å²) in [6.45, 7) is 12.3. The predicted molar refractivity (Wildman–Crippen MR) is 92.2 cm³/mol. The molecule has 0 saturated carbocycles. The van der Waals surface area contributed by atoms with E-state index in [9.17, 15) is 0 Å². The van der Waals surface area contributed by atoms with Gasteiger partial charge in [-0.25, -0.2) is 0 Å². The minimum atomic E-state index is 0.776. The highest BCUT2D eigenvalue weighted by molar-refractivity contribution is 5.85. The summed E-state index contributed by atoms with van der Waals surface area (Å²) in [6, 6.07) is 8.24. The Morgan fingerprint density at radius 1 is 1.05 bits per heavy atom. The highest BCUT2D eigenvalue weighted by Gasteiger charge is 2.11. The van der Waals surface area contributed by atoms with Gasteiger partial charge in [-0.3, -0.25) is 4.90 Å². The molecule has 1 N–H and O–H groups in total. The molecule has 0 amide bonds. The number of benzene rings is 1. The van der Waals surface area contributed by atoms with Gasteiger partial charge in [0.05, 0.1) is 5.52 Å². The van der Waals surface area contributed by atoms with Gasteiger partial charge in [-0.1, -0.05) is 39.8 Å². The first-order valence-corrected chi connectivity index (χ1v) is 8.35. The van der Waals surface area contributed by atoms with E-state index in [1.165, 1.54) is 31.3 Å². The van der Waals surface area contributed by atoms with Gasteiger partial charge >= 0.3 is 0 Å². The van der Waals surface area contributed by atoms with Crippen LogP contribution in [-0.4, -0.2) is 36.1 Å². The Hall–Kier alpha value is -1.48. The topological polar surface area (TPSA) is 28.3 Å². The average Bonchev–Trinajstić information content (AvgIpc) is 3.23. The van der Waals surface area contributed by atoms with Crippen molar-refractivity contribution in [3.8, 4) is 5.75 Å². The summed E-state index contributed by atoms with van der Waals surface area (Å²) in [5.74, 6) is 0.965. The number of rotatable bonds is 4. The fourth-order valence-corrected chi connectivity index (χ4v) is 2.47. The zero-order valence-corrected chi connectivity index (χ0v) is 14.0. The quantitative estimate of drug-likeness (QED) is 0.884. The van der Waals surface area contributed by atoms with E-state index in [2.05, 4.69) is 22.0 Å². The molecule has 118 valence electrons. The third-order valence-electron chi connectivity index (χ3n) is 3.41. The number of hydrogen-bond donors (Lipinski definition) is 1. The number of hydrogen-bond acceptors (Lipinski definition) is 2. The van der Waals surface area contributed by atoms with Crippen LogP contribution in [0.4, 0.5) is 0 Å². The molecule has 1 aliphatic rings. The minimum Gasteiger partial charge on any atom is -0.490 e. The number of nitrogens with zero attached hydrogens (tertiary/aromatic N) is 1. The van der Waals surface area contributed by atoms with Crippen molar-refractivity contribution in [1.82, 2.24) is 9.88 Å². The zero-order valence-electron chi connectivity index (χ0n) is 14.0. The molecule has 1 saturated heterocycles. The van der Waals surface area contributed by atoms with Crippen molar-refractivity contribution in [2.45, 2.75) is 40.5 Å². The molecular formula is C18H30N2O. The van der Waals surface area contributed by atoms with Crippen LogP contribution in [0.3, 0.4) is 0 Å². The van der Waals surface area contributed by atoms with Crippen LogP contribution in [0.15, 0.2) is 30.5 Å². The maximum Gasteiger partial charge on any atom is 0.143 e. The Balaban J connectivity index is 0.000000510. The monoisotopic (exact) mass is 290 g/mol. The normalized spacial score (nSPS) is 14.1. The first-order valence-electron chi connectivity index (χ1n) is 8.35. The van der Waals surface area contributed by atoms with Crippen LogP contribution in [0.1, 0.15) is 40.5 Å². The molecule has 0 aliphatic carbocycles. The van der Waals surface area contributed by atoms with Crippen LogP contribution in [0.25, 0.3) is 10.9 Å². The molecule has 21 heavy (non-hydrogen) atoms. The van der Waals surface area contributed by atoms with Gasteiger partial charge in [-0.15, -0.1) is 0 Å². The van der Waals surface area contributed by atoms with E-state index >= 15 is 0 Å². The third-order valence-corrected chi connectivity index (χ3v) is 3.41. The predicted octanol–water partition coefficient (Wildman–Crippen LogP) is 4.69. The lowest BCUT2D eigenvalue weighted by Crippen LogP contribution is -2.25. The molecule has 0 atom stereocenters. The Morgan fingerprint density at radius 3 is 2.48 bits per heavy atom. The molecule has 2 heterocycles. The summed E-state index contributed by atoms with van der Waals surface area (Å²) in [5, 5.41) is 1.21. The van der Waals surface area contributed by atoms with Crippen molar-refractivity contribution in [1.29, 1.82) is 0 Å². The molecule has 0 unspecified atom stereocenters. The number of fused-ring (bicyclic) bond motifs is 1. The van der Waals surface area contributed by atoms with Crippen molar-refractivity contribution < 1.29 is 4.74 Å². The van der Waals surface area contributed by atoms with Gasteiger partial charge in [0.2, 0.25) is 0 Å². The summed E-state index contributed by atoms with van der Waals surface area (Å²) in [6.07, 6.45) is 4.64. The van der Waals surface area contributed by atoms with Crippen LogP contribution in [0.5, 0.6) is 5.75 Å². The van der Waals surface area contributed by atoms with Crippen LogP contribution in [0, 0.1) is 0 Å². The molecule has 1 aliphatic heterocycles. The van der Waals surface area contributed by atoms with Crippen LogP contribution < -0.4 is 4.74 Å². The van der Waals surface area contributed by atoms with Crippen LogP contribution in [0.2, 0.25) is 0 Å². The highest BCUT2D eigenvalue weighted by atomic mass is 16.5. The van der Waals surface area contributed by atoms with E-state index in [0.29, 0.717) is 0 Å². The number of nitrogens with one attached hydrogen (secondary N) is 1. The molecule has 1 fully saturated rings. The molecule has 1 aromatic heterocycles. The lowest BCUT2D eigenvalue weighted by atomic mass is 10.2.